The zero-order valence-corrected chi connectivity index (χ0v) is 19.6. The fraction of sp³-hybridized carbons (Fsp3) is 0.120. The molecule has 4 rings (SSSR count). The molecule has 8 heteroatoms. The Morgan fingerprint density at radius 2 is 1.88 bits per heavy atom. The average Bonchev–Trinajstić information content (AvgIpc) is 3.15. The SMILES string of the molecule is CCOc1cc(/C=C2\N=C(c3cccc(F)c3)OC2=O)cc(I)c1OCc1ccccc1F. The van der Waals surface area contributed by atoms with Gasteiger partial charge in [0.05, 0.1) is 10.2 Å². The van der Waals surface area contributed by atoms with Gasteiger partial charge in [0, 0.05) is 11.1 Å². The number of ether oxygens (including phenoxy) is 3. The van der Waals surface area contributed by atoms with Crippen molar-refractivity contribution in [2.75, 3.05) is 6.61 Å². The lowest BCUT2D eigenvalue weighted by Crippen LogP contribution is -2.05. The van der Waals surface area contributed by atoms with E-state index in [9.17, 15) is 13.6 Å². The molecule has 0 N–H and O–H groups in total. The summed E-state index contributed by atoms with van der Waals surface area (Å²) in [6.45, 7) is 2.26. The lowest BCUT2D eigenvalue weighted by molar-refractivity contribution is -0.129. The third-order valence-electron chi connectivity index (χ3n) is 4.66. The molecule has 33 heavy (non-hydrogen) atoms. The molecule has 0 bridgehead atoms. The first-order valence-corrected chi connectivity index (χ1v) is 11.1. The second-order valence-corrected chi connectivity index (χ2v) is 8.15. The van der Waals surface area contributed by atoms with E-state index in [2.05, 4.69) is 27.6 Å². The molecule has 0 aromatic heterocycles. The van der Waals surface area contributed by atoms with Crippen molar-refractivity contribution in [1.82, 2.24) is 0 Å². The van der Waals surface area contributed by atoms with Gasteiger partial charge in [-0.25, -0.2) is 18.6 Å². The molecule has 0 saturated heterocycles. The van der Waals surface area contributed by atoms with E-state index >= 15 is 0 Å². The normalized spacial score (nSPS) is 14.2. The summed E-state index contributed by atoms with van der Waals surface area (Å²) in [5.41, 5.74) is 1.51. The average molecular weight is 561 g/mol. The van der Waals surface area contributed by atoms with Gasteiger partial charge in [-0.15, -0.1) is 0 Å². The van der Waals surface area contributed by atoms with Crippen LogP contribution in [-0.2, 0) is 16.1 Å². The van der Waals surface area contributed by atoms with E-state index < -0.39 is 11.8 Å². The number of carbonyl (C=O) groups excluding carboxylic acids is 1. The van der Waals surface area contributed by atoms with E-state index in [0.717, 1.165) is 0 Å². The first-order valence-electron chi connectivity index (χ1n) is 10.1. The summed E-state index contributed by atoms with van der Waals surface area (Å²) in [4.78, 5) is 16.5. The van der Waals surface area contributed by atoms with Crippen molar-refractivity contribution in [1.29, 1.82) is 0 Å². The summed E-state index contributed by atoms with van der Waals surface area (Å²) in [6.07, 6.45) is 1.56. The predicted molar refractivity (Wildman–Crippen MR) is 128 cm³/mol. The maximum absolute atomic E-state index is 13.9. The standard InChI is InChI=1S/C25H18F2INO4/c1-2-31-22-12-15(10-20(28)23(22)32-14-17-6-3-4-9-19(17)27)11-21-25(30)33-24(29-21)16-7-5-8-18(26)13-16/h3-13H,2,14H2,1H3/b21-11-. The van der Waals surface area contributed by atoms with Crippen LogP contribution in [0, 0.1) is 15.2 Å². The number of halogens is 3. The molecule has 0 aliphatic carbocycles. The van der Waals surface area contributed by atoms with Crippen molar-refractivity contribution in [2.24, 2.45) is 4.99 Å². The van der Waals surface area contributed by atoms with Gasteiger partial charge in [0.25, 0.3) is 0 Å². The van der Waals surface area contributed by atoms with Gasteiger partial charge >= 0.3 is 5.97 Å². The number of benzene rings is 3. The second-order valence-electron chi connectivity index (χ2n) is 6.99. The Kier molecular flexibility index (Phi) is 7.02. The summed E-state index contributed by atoms with van der Waals surface area (Å²) in [7, 11) is 0. The summed E-state index contributed by atoms with van der Waals surface area (Å²) >= 11 is 2.09. The molecule has 168 valence electrons. The number of hydrogen-bond donors (Lipinski definition) is 0. The van der Waals surface area contributed by atoms with Crippen LogP contribution in [0.2, 0.25) is 0 Å². The van der Waals surface area contributed by atoms with Crippen LogP contribution >= 0.6 is 22.6 Å². The molecule has 3 aromatic carbocycles. The van der Waals surface area contributed by atoms with Gasteiger partial charge in [0.2, 0.25) is 5.90 Å². The zero-order valence-electron chi connectivity index (χ0n) is 17.5. The first kappa shape index (κ1) is 22.9. The van der Waals surface area contributed by atoms with Crippen molar-refractivity contribution in [3.05, 3.63) is 98.3 Å². The lowest BCUT2D eigenvalue weighted by Gasteiger charge is -2.15. The van der Waals surface area contributed by atoms with E-state index in [-0.39, 0.29) is 24.0 Å². The summed E-state index contributed by atoms with van der Waals surface area (Å²) in [5.74, 6) is -0.476. The molecule has 0 amide bonds. The lowest BCUT2D eigenvalue weighted by atomic mass is 10.1. The minimum absolute atomic E-state index is 0.0373. The molecule has 0 spiro atoms. The molecule has 0 fully saturated rings. The fourth-order valence-electron chi connectivity index (χ4n) is 3.15. The maximum Gasteiger partial charge on any atom is 0.363 e. The van der Waals surface area contributed by atoms with Crippen molar-refractivity contribution in [2.45, 2.75) is 13.5 Å². The molecule has 0 saturated carbocycles. The molecule has 5 nitrogen and oxygen atoms in total. The molecule has 0 unspecified atom stereocenters. The summed E-state index contributed by atoms with van der Waals surface area (Å²) in [6, 6.07) is 15.5. The number of hydrogen-bond acceptors (Lipinski definition) is 5. The van der Waals surface area contributed by atoms with E-state index in [1.165, 1.54) is 24.3 Å². The minimum atomic E-state index is -0.637. The van der Waals surface area contributed by atoms with E-state index in [0.29, 0.717) is 38.4 Å². The molecule has 0 radical (unpaired) electrons. The number of rotatable bonds is 7. The minimum Gasteiger partial charge on any atom is -0.490 e. The van der Waals surface area contributed by atoms with Crippen LogP contribution in [0.4, 0.5) is 8.78 Å². The van der Waals surface area contributed by atoms with Gasteiger partial charge in [0.15, 0.2) is 17.2 Å². The van der Waals surface area contributed by atoms with Gasteiger partial charge < -0.3 is 14.2 Å². The van der Waals surface area contributed by atoms with Gasteiger partial charge in [0.1, 0.15) is 18.2 Å². The van der Waals surface area contributed by atoms with Crippen molar-refractivity contribution < 1.29 is 27.8 Å². The van der Waals surface area contributed by atoms with Crippen LogP contribution in [-0.4, -0.2) is 18.5 Å². The Morgan fingerprint density at radius 1 is 1.06 bits per heavy atom. The molecular weight excluding hydrogens is 543 g/mol. The maximum atomic E-state index is 13.9. The van der Waals surface area contributed by atoms with Crippen molar-refractivity contribution in [3.8, 4) is 11.5 Å². The van der Waals surface area contributed by atoms with Gasteiger partial charge in [-0.05, 0) is 77.6 Å². The number of nitrogens with zero attached hydrogens (tertiary/aromatic N) is 1. The molecule has 1 aliphatic heterocycles. The smallest absolute Gasteiger partial charge is 0.363 e. The number of aliphatic imine (C=N–C) groups is 1. The third kappa shape index (κ3) is 5.39. The van der Waals surface area contributed by atoms with E-state index in [1.807, 2.05) is 6.92 Å². The van der Waals surface area contributed by atoms with Gasteiger partial charge in [-0.3, -0.25) is 0 Å². The van der Waals surface area contributed by atoms with Gasteiger partial charge in [-0.1, -0.05) is 24.3 Å². The highest BCUT2D eigenvalue weighted by Crippen LogP contribution is 2.36. The van der Waals surface area contributed by atoms with Gasteiger partial charge in [-0.2, -0.15) is 0 Å². The topological polar surface area (TPSA) is 57.1 Å². The molecule has 3 aromatic rings. The highest BCUT2D eigenvalue weighted by Gasteiger charge is 2.25. The second kappa shape index (κ2) is 10.1. The third-order valence-corrected chi connectivity index (χ3v) is 5.46. The monoisotopic (exact) mass is 561 g/mol. The van der Waals surface area contributed by atoms with Crippen molar-refractivity contribution in [3.63, 3.8) is 0 Å². The highest BCUT2D eigenvalue weighted by molar-refractivity contribution is 14.1. The Labute approximate surface area is 202 Å². The van der Waals surface area contributed by atoms with Crippen LogP contribution in [0.25, 0.3) is 6.08 Å². The summed E-state index contributed by atoms with van der Waals surface area (Å²) < 4.78 is 45.0. The number of cyclic esters (lactones) is 1. The van der Waals surface area contributed by atoms with E-state index in [4.69, 9.17) is 14.2 Å². The molecular formula is C25H18F2INO4. The van der Waals surface area contributed by atoms with Crippen LogP contribution in [0.1, 0.15) is 23.6 Å². The van der Waals surface area contributed by atoms with E-state index in [1.54, 1.807) is 42.5 Å². The number of esters is 1. The Bertz CT molecular complexity index is 1270. The van der Waals surface area contributed by atoms with Crippen LogP contribution in [0.3, 0.4) is 0 Å². The summed E-state index contributed by atoms with van der Waals surface area (Å²) in [5, 5.41) is 0. The Balaban J connectivity index is 1.62. The highest BCUT2D eigenvalue weighted by atomic mass is 127. The van der Waals surface area contributed by atoms with Crippen LogP contribution in [0.15, 0.2) is 71.4 Å². The quantitative estimate of drug-likeness (QED) is 0.205. The first-order chi connectivity index (χ1) is 15.9. The Morgan fingerprint density at radius 3 is 2.64 bits per heavy atom. The fourth-order valence-corrected chi connectivity index (χ4v) is 3.93. The predicted octanol–water partition coefficient (Wildman–Crippen LogP) is 5.89. The molecule has 0 atom stereocenters. The largest absolute Gasteiger partial charge is 0.490 e. The Hall–Kier alpha value is -3.27. The van der Waals surface area contributed by atoms with Crippen molar-refractivity contribution >= 4 is 40.5 Å². The zero-order chi connectivity index (χ0) is 23.4. The van der Waals surface area contributed by atoms with Crippen LogP contribution < -0.4 is 9.47 Å². The molecule has 1 heterocycles. The molecule has 1 aliphatic rings. The van der Waals surface area contributed by atoms with Crippen LogP contribution in [0.5, 0.6) is 11.5 Å². The number of carbonyl (C=O) groups is 1.